The number of esters is 1. The molecule has 0 atom stereocenters. The van der Waals surface area contributed by atoms with Crippen LogP contribution in [-0.4, -0.2) is 21.7 Å². The molecule has 0 aliphatic rings. The zero-order chi connectivity index (χ0) is 14.4. The molecule has 102 valence electrons. The van der Waals surface area contributed by atoms with Crippen LogP contribution < -0.4 is 11.2 Å². The van der Waals surface area contributed by atoms with Gasteiger partial charge in [-0.05, 0) is 13.0 Å². The van der Waals surface area contributed by atoms with Crippen molar-refractivity contribution in [3.63, 3.8) is 0 Å². The highest BCUT2D eigenvalue weighted by Crippen LogP contribution is 1.93. The van der Waals surface area contributed by atoms with Gasteiger partial charge in [-0.15, -0.1) is 0 Å². The number of aryl methyl sites for hydroxylation is 1. The summed E-state index contributed by atoms with van der Waals surface area (Å²) in [6.07, 6.45) is 7.32. The second kappa shape index (κ2) is 6.53. The van der Waals surface area contributed by atoms with Crippen molar-refractivity contribution in [1.29, 1.82) is 0 Å². The van der Waals surface area contributed by atoms with Gasteiger partial charge in [-0.1, -0.05) is 12.2 Å². The van der Waals surface area contributed by atoms with Crippen molar-refractivity contribution in [3.05, 3.63) is 50.8 Å². The maximum absolute atomic E-state index is 11.7. The van der Waals surface area contributed by atoms with Crippen LogP contribution in [0.5, 0.6) is 0 Å². The van der Waals surface area contributed by atoms with E-state index in [-0.39, 0.29) is 12.2 Å². The van der Waals surface area contributed by atoms with Crippen molar-refractivity contribution in [2.75, 3.05) is 6.61 Å². The average molecular weight is 264 g/mol. The molecule has 1 aromatic heterocycles. The van der Waals surface area contributed by atoms with Gasteiger partial charge in [0.1, 0.15) is 6.61 Å². The summed E-state index contributed by atoms with van der Waals surface area (Å²) < 4.78 is 7.09. The van der Waals surface area contributed by atoms with Gasteiger partial charge in [-0.25, -0.2) is 9.59 Å². The normalized spacial score (nSPS) is 11.3. The Morgan fingerprint density at radius 3 is 2.68 bits per heavy atom. The monoisotopic (exact) mass is 264 g/mol. The molecular formula is C13H16N2O4. The van der Waals surface area contributed by atoms with Gasteiger partial charge in [0.05, 0.1) is 5.56 Å². The van der Waals surface area contributed by atoms with E-state index in [0.29, 0.717) is 0 Å². The van der Waals surface area contributed by atoms with Crippen molar-refractivity contribution >= 4 is 12.0 Å². The number of carbonyl (C=O) groups excluding carboxylic acids is 1. The summed E-state index contributed by atoms with van der Waals surface area (Å²) in [5, 5.41) is 0. The second-order valence-electron chi connectivity index (χ2n) is 3.87. The Hall–Kier alpha value is -2.37. The van der Waals surface area contributed by atoms with Crippen LogP contribution >= 0.6 is 0 Å². The van der Waals surface area contributed by atoms with E-state index in [4.69, 9.17) is 4.74 Å². The van der Waals surface area contributed by atoms with Gasteiger partial charge < -0.3 is 9.30 Å². The minimum atomic E-state index is -0.547. The molecule has 1 aromatic rings. The topological polar surface area (TPSA) is 70.3 Å². The molecule has 1 heterocycles. The molecule has 19 heavy (non-hydrogen) atoms. The van der Waals surface area contributed by atoms with Crippen molar-refractivity contribution in [2.24, 2.45) is 14.1 Å². The van der Waals surface area contributed by atoms with Crippen molar-refractivity contribution < 1.29 is 9.53 Å². The van der Waals surface area contributed by atoms with Crippen LogP contribution in [0, 0.1) is 0 Å². The van der Waals surface area contributed by atoms with E-state index in [0.717, 1.165) is 10.6 Å². The Morgan fingerprint density at radius 2 is 2.05 bits per heavy atom. The molecule has 0 fully saturated rings. The molecule has 0 saturated carbocycles. The highest BCUT2D eigenvalue weighted by atomic mass is 16.5. The predicted octanol–water partition coefficient (Wildman–Crippen LogP) is 0.216. The lowest BCUT2D eigenvalue weighted by Gasteiger charge is -2.03. The summed E-state index contributed by atoms with van der Waals surface area (Å²) >= 11 is 0. The van der Waals surface area contributed by atoms with Crippen LogP contribution in [0.4, 0.5) is 0 Å². The predicted molar refractivity (Wildman–Crippen MR) is 71.7 cm³/mol. The summed E-state index contributed by atoms with van der Waals surface area (Å²) in [6, 6.07) is 0. The molecule has 6 nitrogen and oxygen atoms in total. The summed E-state index contributed by atoms with van der Waals surface area (Å²) in [4.78, 5) is 34.5. The number of nitrogens with zero attached hydrogens (tertiary/aromatic N) is 2. The van der Waals surface area contributed by atoms with Gasteiger partial charge in [0, 0.05) is 26.4 Å². The zero-order valence-electron chi connectivity index (χ0n) is 11.1. The fraction of sp³-hybridized carbons (Fsp3) is 0.308. The number of carbonyl (C=O) groups is 1. The highest BCUT2D eigenvalue weighted by molar-refractivity contribution is 5.86. The van der Waals surface area contributed by atoms with E-state index in [1.807, 2.05) is 6.92 Å². The molecule has 0 N–H and O–H groups in total. The summed E-state index contributed by atoms with van der Waals surface area (Å²) in [6.45, 7) is 2.00. The van der Waals surface area contributed by atoms with Crippen LogP contribution in [0.3, 0.4) is 0 Å². The number of hydrogen-bond donors (Lipinski definition) is 0. The Bertz CT molecular complexity index is 635. The summed E-state index contributed by atoms with van der Waals surface area (Å²) in [5.41, 5.74) is -0.633. The van der Waals surface area contributed by atoms with Gasteiger partial charge in [0.25, 0.3) is 5.56 Å². The SMILES string of the molecule is C/C=C/COC(=O)/C=C/c1cn(C)c(=O)n(C)c1=O. The van der Waals surface area contributed by atoms with E-state index in [1.165, 1.54) is 30.9 Å². The molecule has 0 spiro atoms. The molecule has 0 aliphatic carbocycles. The van der Waals surface area contributed by atoms with Crippen LogP contribution in [0.25, 0.3) is 6.08 Å². The Labute approximate surface area is 110 Å². The molecule has 0 aliphatic heterocycles. The molecule has 0 radical (unpaired) electrons. The lowest BCUT2D eigenvalue weighted by Crippen LogP contribution is -2.37. The third-order valence-corrected chi connectivity index (χ3v) is 2.43. The molecule has 1 rings (SSSR count). The molecule has 0 bridgehead atoms. The van der Waals surface area contributed by atoms with E-state index in [1.54, 1.807) is 12.2 Å². The maximum atomic E-state index is 11.7. The molecule has 0 amide bonds. The van der Waals surface area contributed by atoms with Crippen LogP contribution in [0.15, 0.2) is 34.0 Å². The van der Waals surface area contributed by atoms with Gasteiger partial charge in [-0.3, -0.25) is 9.36 Å². The lowest BCUT2D eigenvalue weighted by molar-refractivity contribution is -0.136. The van der Waals surface area contributed by atoms with E-state index >= 15 is 0 Å². The first-order chi connectivity index (χ1) is 8.97. The van der Waals surface area contributed by atoms with Crippen LogP contribution in [-0.2, 0) is 23.6 Å². The van der Waals surface area contributed by atoms with Crippen molar-refractivity contribution in [2.45, 2.75) is 6.92 Å². The fourth-order valence-electron chi connectivity index (χ4n) is 1.38. The van der Waals surface area contributed by atoms with Gasteiger partial charge >= 0.3 is 11.7 Å². The number of allylic oxidation sites excluding steroid dienone is 1. The quantitative estimate of drug-likeness (QED) is 0.443. The Balaban J connectivity index is 2.92. The zero-order valence-corrected chi connectivity index (χ0v) is 11.1. The molecule has 0 aromatic carbocycles. The largest absolute Gasteiger partial charge is 0.458 e. The first-order valence-electron chi connectivity index (χ1n) is 5.70. The van der Waals surface area contributed by atoms with Gasteiger partial charge in [-0.2, -0.15) is 0 Å². The molecule has 0 unspecified atom stereocenters. The van der Waals surface area contributed by atoms with Gasteiger partial charge in [0.15, 0.2) is 0 Å². The van der Waals surface area contributed by atoms with Crippen molar-refractivity contribution in [3.8, 4) is 0 Å². The number of ether oxygens (including phenoxy) is 1. The molecule has 6 heteroatoms. The van der Waals surface area contributed by atoms with E-state index in [9.17, 15) is 14.4 Å². The third kappa shape index (κ3) is 3.80. The van der Waals surface area contributed by atoms with Gasteiger partial charge in [0.2, 0.25) is 0 Å². The third-order valence-electron chi connectivity index (χ3n) is 2.43. The maximum Gasteiger partial charge on any atom is 0.331 e. The Morgan fingerprint density at radius 1 is 1.37 bits per heavy atom. The Kier molecular flexibility index (Phi) is 5.05. The highest BCUT2D eigenvalue weighted by Gasteiger charge is 2.04. The van der Waals surface area contributed by atoms with Crippen molar-refractivity contribution in [1.82, 2.24) is 9.13 Å². The minimum absolute atomic E-state index is 0.185. The smallest absolute Gasteiger partial charge is 0.331 e. The molecular weight excluding hydrogens is 248 g/mol. The summed E-state index contributed by atoms with van der Waals surface area (Å²) in [5.74, 6) is -0.547. The second-order valence-corrected chi connectivity index (χ2v) is 3.87. The first-order valence-corrected chi connectivity index (χ1v) is 5.70. The number of aromatic nitrogens is 2. The minimum Gasteiger partial charge on any atom is -0.458 e. The first kappa shape index (κ1) is 14.7. The lowest BCUT2D eigenvalue weighted by atomic mass is 10.3. The molecule has 0 saturated heterocycles. The fourth-order valence-corrected chi connectivity index (χ4v) is 1.38. The summed E-state index contributed by atoms with van der Waals surface area (Å²) in [7, 11) is 2.91. The average Bonchev–Trinajstić information content (AvgIpc) is 2.39. The van der Waals surface area contributed by atoms with E-state index < -0.39 is 17.2 Å². The van der Waals surface area contributed by atoms with Crippen LogP contribution in [0.2, 0.25) is 0 Å². The number of hydrogen-bond acceptors (Lipinski definition) is 4. The van der Waals surface area contributed by atoms with E-state index in [2.05, 4.69) is 0 Å². The standard InChI is InChI=1S/C13H16N2O4/c1-4-5-8-19-11(16)7-6-10-9-14(2)13(18)15(3)12(10)17/h4-7,9H,8H2,1-3H3/b5-4+,7-6+. The number of rotatable bonds is 4. The van der Waals surface area contributed by atoms with Crippen LogP contribution in [0.1, 0.15) is 12.5 Å².